The van der Waals surface area contributed by atoms with Crippen molar-refractivity contribution in [2.24, 2.45) is 0 Å². The Morgan fingerprint density at radius 1 is 1.54 bits per heavy atom. The minimum atomic E-state index is -0.472. The lowest BCUT2D eigenvalue weighted by Gasteiger charge is -1.95. The van der Waals surface area contributed by atoms with Gasteiger partial charge in [-0.1, -0.05) is 11.8 Å². The van der Waals surface area contributed by atoms with Crippen molar-refractivity contribution in [3.05, 3.63) is 29.3 Å². The molecular weight excluding hydrogens is 189 g/mol. The van der Waals surface area contributed by atoms with Crippen molar-refractivity contribution in [2.75, 3.05) is 5.88 Å². The molecule has 0 radical (unpaired) electrons. The van der Waals surface area contributed by atoms with Crippen LogP contribution in [0.3, 0.4) is 0 Å². The molecule has 0 spiro atoms. The van der Waals surface area contributed by atoms with Crippen LogP contribution in [0.5, 0.6) is 0 Å². The molecule has 68 valence electrons. The topological polar surface area (TPSA) is 12.9 Å². The van der Waals surface area contributed by atoms with E-state index in [9.17, 15) is 4.39 Å². The first-order chi connectivity index (χ1) is 6.24. The smallest absolute Gasteiger partial charge is 0.213 e. The van der Waals surface area contributed by atoms with Gasteiger partial charge in [-0.25, -0.2) is 4.98 Å². The number of hydrogen-bond donors (Lipinski definition) is 0. The maximum atomic E-state index is 12.6. The predicted octanol–water partition coefficient (Wildman–Crippen LogP) is 2.51. The van der Waals surface area contributed by atoms with E-state index in [-0.39, 0.29) is 0 Å². The van der Waals surface area contributed by atoms with Gasteiger partial charge in [0.25, 0.3) is 0 Å². The Kier molecular flexibility index (Phi) is 3.72. The number of aryl methyl sites for hydroxylation is 1. The lowest BCUT2D eigenvalue weighted by molar-refractivity contribution is 0.579. The van der Waals surface area contributed by atoms with Crippen LogP contribution in [0.4, 0.5) is 4.39 Å². The van der Waals surface area contributed by atoms with Crippen LogP contribution in [0.15, 0.2) is 12.1 Å². The third kappa shape index (κ3) is 3.04. The van der Waals surface area contributed by atoms with Gasteiger partial charge in [-0.2, -0.15) is 4.39 Å². The molecule has 0 fully saturated rings. The fourth-order valence-corrected chi connectivity index (χ4v) is 0.962. The highest BCUT2D eigenvalue weighted by atomic mass is 35.5. The Morgan fingerprint density at radius 3 is 2.92 bits per heavy atom. The van der Waals surface area contributed by atoms with E-state index in [4.69, 9.17) is 11.6 Å². The first-order valence-electron chi connectivity index (χ1n) is 3.92. The van der Waals surface area contributed by atoms with Crippen LogP contribution in [0, 0.1) is 24.7 Å². The van der Waals surface area contributed by atoms with E-state index in [0.29, 0.717) is 18.0 Å². The van der Waals surface area contributed by atoms with Gasteiger partial charge in [-0.3, -0.25) is 0 Å². The number of rotatable bonds is 1. The summed E-state index contributed by atoms with van der Waals surface area (Å²) in [6.07, 6.45) is 0.637. The SMILES string of the molecule is Cc1nc(F)ccc1C#CCCCl. The molecule has 0 aromatic carbocycles. The molecule has 0 saturated carbocycles. The molecule has 0 aliphatic carbocycles. The normalized spacial score (nSPS) is 9.15. The number of halogens is 2. The summed E-state index contributed by atoms with van der Waals surface area (Å²) in [5.41, 5.74) is 1.37. The third-order valence-corrected chi connectivity index (χ3v) is 1.68. The summed E-state index contributed by atoms with van der Waals surface area (Å²) in [5, 5.41) is 0. The molecule has 1 aromatic rings. The second-order valence-corrected chi connectivity index (χ2v) is 2.89. The number of aromatic nitrogens is 1. The predicted molar refractivity (Wildman–Crippen MR) is 51.1 cm³/mol. The van der Waals surface area contributed by atoms with Crippen molar-refractivity contribution in [3.63, 3.8) is 0 Å². The summed E-state index contributed by atoms with van der Waals surface area (Å²) >= 11 is 5.45. The van der Waals surface area contributed by atoms with Crippen molar-refractivity contribution < 1.29 is 4.39 Å². The lowest BCUT2D eigenvalue weighted by atomic mass is 10.2. The van der Waals surface area contributed by atoms with Gasteiger partial charge in [-0.05, 0) is 19.1 Å². The van der Waals surface area contributed by atoms with Crippen molar-refractivity contribution in [1.82, 2.24) is 4.98 Å². The molecule has 1 rings (SSSR count). The minimum Gasteiger partial charge on any atom is -0.224 e. The molecule has 0 bridgehead atoms. The summed E-state index contributed by atoms with van der Waals surface area (Å²) in [5.74, 6) is 5.79. The zero-order valence-corrected chi connectivity index (χ0v) is 8.03. The highest BCUT2D eigenvalue weighted by Gasteiger charge is 1.96. The van der Waals surface area contributed by atoms with Crippen molar-refractivity contribution in [3.8, 4) is 11.8 Å². The van der Waals surface area contributed by atoms with Crippen LogP contribution in [-0.2, 0) is 0 Å². The zero-order chi connectivity index (χ0) is 9.68. The Labute approximate surface area is 81.9 Å². The molecule has 0 unspecified atom stereocenters. The van der Waals surface area contributed by atoms with E-state index in [1.165, 1.54) is 6.07 Å². The lowest BCUT2D eigenvalue weighted by Crippen LogP contribution is -1.90. The summed E-state index contributed by atoms with van der Waals surface area (Å²) < 4.78 is 12.6. The van der Waals surface area contributed by atoms with Crippen LogP contribution in [-0.4, -0.2) is 10.9 Å². The number of pyridine rings is 1. The molecule has 1 nitrogen and oxygen atoms in total. The van der Waals surface area contributed by atoms with Crippen LogP contribution in [0.25, 0.3) is 0 Å². The molecule has 1 aromatic heterocycles. The zero-order valence-electron chi connectivity index (χ0n) is 7.27. The minimum absolute atomic E-state index is 0.472. The van der Waals surface area contributed by atoms with E-state index in [0.717, 1.165) is 5.56 Å². The quantitative estimate of drug-likeness (QED) is 0.383. The molecule has 0 aliphatic heterocycles. The van der Waals surface area contributed by atoms with E-state index < -0.39 is 5.95 Å². The van der Waals surface area contributed by atoms with Gasteiger partial charge in [0.2, 0.25) is 5.95 Å². The molecule has 0 amide bonds. The van der Waals surface area contributed by atoms with Gasteiger partial charge in [0.1, 0.15) is 0 Å². The van der Waals surface area contributed by atoms with E-state index in [1.54, 1.807) is 13.0 Å². The average Bonchev–Trinajstić information content (AvgIpc) is 2.09. The van der Waals surface area contributed by atoms with Gasteiger partial charge >= 0.3 is 0 Å². The van der Waals surface area contributed by atoms with Gasteiger partial charge in [0, 0.05) is 17.9 Å². The Hall–Kier alpha value is -1.07. The Balaban J connectivity index is 2.85. The molecule has 3 heteroatoms. The first-order valence-corrected chi connectivity index (χ1v) is 4.45. The highest BCUT2D eigenvalue weighted by Crippen LogP contribution is 2.03. The van der Waals surface area contributed by atoms with Gasteiger partial charge in [0.15, 0.2) is 0 Å². The van der Waals surface area contributed by atoms with E-state index in [1.807, 2.05) is 0 Å². The summed E-state index contributed by atoms with van der Waals surface area (Å²) in [6, 6.07) is 2.93. The Bertz CT molecular complexity index is 352. The van der Waals surface area contributed by atoms with Crippen LogP contribution >= 0.6 is 11.6 Å². The van der Waals surface area contributed by atoms with Crippen molar-refractivity contribution in [1.29, 1.82) is 0 Å². The molecule has 0 N–H and O–H groups in total. The van der Waals surface area contributed by atoms with Gasteiger partial charge < -0.3 is 0 Å². The monoisotopic (exact) mass is 197 g/mol. The van der Waals surface area contributed by atoms with Crippen molar-refractivity contribution >= 4 is 11.6 Å². The number of nitrogens with zero attached hydrogens (tertiary/aromatic N) is 1. The van der Waals surface area contributed by atoms with E-state index >= 15 is 0 Å². The number of alkyl halides is 1. The molecule has 0 atom stereocenters. The van der Waals surface area contributed by atoms with Crippen LogP contribution < -0.4 is 0 Å². The fraction of sp³-hybridized carbons (Fsp3) is 0.300. The molecule has 0 aliphatic rings. The molecule has 13 heavy (non-hydrogen) atoms. The standard InChI is InChI=1S/C10H9ClFN/c1-8-9(4-2-3-7-11)5-6-10(12)13-8/h5-6H,3,7H2,1H3. The third-order valence-electron chi connectivity index (χ3n) is 1.49. The summed E-state index contributed by atoms with van der Waals surface area (Å²) in [7, 11) is 0. The fourth-order valence-electron chi connectivity index (χ4n) is 0.867. The second-order valence-electron chi connectivity index (χ2n) is 2.51. The largest absolute Gasteiger partial charge is 0.224 e. The maximum absolute atomic E-state index is 12.6. The molecular formula is C10H9ClFN. The first kappa shape index (κ1) is 10.0. The molecule has 1 heterocycles. The highest BCUT2D eigenvalue weighted by molar-refractivity contribution is 6.18. The maximum Gasteiger partial charge on any atom is 0.213 e. The van der Waals surface area contributed by atoms with Crippen molar-refractivity contribution in [2.45, 2.75) is 13.3 Å². The van der Waals surface area contributed by atoms with Crippen LogP contribution in [0.1, 0.15) is 17.7 Å². The molecule has 0 saturated heterocycles. The summed E-state index contributed by atoms with van der Waals surface area (Å²) in [6.45, 7) is 1.73. The average molecular weight is 198 g/mol. The van der Waals surface area contributed by atoms with Gasteiger partial charge in [0.05, 0.1) is 5.69 Å². The number of hydrogen-bond acceptors (Lipinski definition) is 1. The second kappa shape index (κ2) is 4.84. The Morgan fingerprint density at radius 2 is 2.31 bits per heavy atom. The van der Waals surface area contributed by atoms with Gasteiger partial charge in [-0.15, -0.1) is 11.6 Å². The summed E-state index contributed by atoms with van der Waals surface area (Å²) in [4.78, 5) is 3.65. The van der Waals surface area contributed by atoms with E-state index in [2.05, 4.69) is 16.8 Å². The van der Waals surface area contributed by atoms with Crippen LogP contribution in [0.2, 0.25) is 0 Å².